The largest absolute Gasteiger partial charge is 0.480 e. The van der Waals surface area contributed by atoms with Crippen molar-refractivity contribution in [1.29, 1.82) is 0 Å². The van der Waals surface area contributed by atoms with Gasteiger partial charge < -0.3 is 43.2 Å². The number of carbonyl (C=O) groups excluding carboxylic acids is 4. The predicted molar refractivity (Wildman–Crippen MR) is 129 cm³/mol. The Hall–Kier alpha value is -2.93. The third-order valence-corrected chi connectivity index (χ3v) is 5.96. The molecule has 0 unspecified atom stereocenters. The van der Waals surface area contributed by atoms with E-state index in [4.69, 9.17) is 17.2 Å². The fraction of sp³-hybridized carbons (Fsp3) is 0.773. The zero-order valence-corrected chi connectivity index (χ0v) is 20.6. The number of aliphatic carboxylic acids is 1. The Kier molecular flexibility index (Phi) is 13.0. The van der Waals surface area contributed by atoms with E-state index < -0.39 is 48.0 Å². The van der Waals surface area contributed by atoms with Gasteiger partial charge >= 0.3 is 12.0 Å². The van der Waals surface area contributed by atoms with Crippen LogP contribution in [0, 0.1) is 5.92 Å². The maximum absolute atomic E-state index is 13.0. The third-order valence-electron chi connectivity index (χ3n) is 5.96. The highest BCUT2D eigenvalue weighted by Crippen LogP contribution is 2.20. The van der Waals surface area contributed by atoms with Gasteiger partial charge in [0, 0.05) is 13.1 Å². The number of unbranched alkanes of at least 4 members (excludes halogenated alkanes) is 1. The molecule has 0 aromatic rings. The molecule has 0 aliphatic carbocycles. The number of nitrogens with zero attached hydrogens (tertiary/aromatic N) is 1. The number of carbonyl (C=O) groups is 5. The average molecular weight is 500 g/mol. The molecule has 0 spiro atoms. The van der Waals surface area contributed by atoms with E-state index in [0.717, 1.165) is 6.42 Å². The third kappa shape index (κ3) is 10.1. The summed E-state index contributed by atoms with van der Waals surface area (Å²) < 4.78 is 0. The maximum atomic E-state index is 13.0. The van der Waals surface area contributed by atoms with Gasteiger partial charge in [0.2, 0.25) is 17.7 Å². The van der Waals surface area contributed by atoms with Crippen molar-refractivity contribution >= 4 is 29.7 Å². The van der Waals surface area contributed by atoms with E-state index in [0.29, 0.717) is 38.8 Å². The Labute approximate surface area is 205 Å². The molecule has 4 atom stereocenters. The molecule has 1 saturated heterocycles. The van der Waals surface area contributed by atoms with Gasteiger partial charge in [0.25, 0.3) is 0 Å². The fourth-order valence-electron chi connectivity index (χ4n) is 3.97. The molecule has 1 fully saturated rings. The van der Waals surface area contributed by atoms with Crippen LogP contribution in [0.2, 0.25) is 0 Å². The number of carboxylic acids is 1. The topological polar surface area (TPSA) is 223 Å². The van der Waals surface area contributed by atoms with E-state index in [1.807, 2.05) is 0 Å². The molecule has 5 amide bonds. The Morgan fingerprint density at radius 1 is 1.06 bits per heavy atom. The molecular weight excluding hydrogens is 458 g/mol. The molecule has 0 bridgehead atoms. The van der Waals surface area contributed by atoms with Crippen molar-refractivity contribution in [1.82, 2.24) is 20.9 Å². The van der Waals surface area contributed by atoms with E-state index in [1.54, 1.807) is 13.8 Å². The smallest absolute Gasteiger partial charge is 0.326 e. The number of nitrogens with one attached hydrogen (secondary N) is 3. The Morgan fingerprint density at radius 3 is 2.31 bits per heavy atom. The van der Waals surface area contributed by atoms with Crippen LogP contribution in [0.25, 0.3) is 0 Å². The molecule has 1 rings (SSSR count). The molecule has 0 saturated carbocycles. The number of urea groups is 1. The number of likely N-dealkylation sites (tertiary alicyclic amines) is 1. The zero-order valence-electron chi connectivity index (χ0n) is 20.6. The second-order valence-corrected chi connectivity index (χ2v) is 9.14. The molecular formula is C22H41N7O6. The second kappa shape index (κ2) is 15.1. The van der Waals surface area contributed by atoms with E-state index in [2.05, 4.69) is 16.0 Å². The Balaban J connectivity index is 2.77. The average Bonchev–Trinajstić information content (AvgIpc) is 3.28. The fourth-order valence-corrected chi connectivity index (χ4v) is 3.97. The summed E-state index contributed by atoms with van der Waals surface area (Å²) in [6, 6.07) is -4.39. The van der Waals surface area contributed by atoms with Crippen molar-refractivity contribution in [3.8, 4) is 0 Å². The Morgan fingerprint density at radius 2 is 1.74 bits per heavy atom. The van der Waals surface area contributed by atoms with Gasteiger partial charge in [-0.2, -0.15) is 0 Å². The quantitative estimate of drug-likeness (QED) is 0.132. The molecule has 10 N–H and O–H groups in total. The summed E-state index contributed by atoms with van der Waals surface area (Å²) in [7, 11) is 0. The molecule has 200 valence electrons. The molecule has 35 heavy (non-hydrogen) atoms. The summed E-state index contributed by atoms with van der Waals surface area (Å²) in [6.45, 7) is 4.53. The summed E-state index contributed by atoms with van der Waals surface area (Å²) in [4.78, 5) is 62.5. The number of carboxylic acid groups (broad SMARTS) is 1. The highest BCUT2D eigenvalue weighted by molar-refractivity contribution is 5.94. The molecule has 13 heteroatoms. The van der Waals surface area contributed by atoms with Crippen molar-refractivity contribution in [2.45, 2.75) is 83.0 Å². The van der Waals surface area contributed by atoms with Crippen LogP contribution in [0.1, 0.15) is 58.8 Å². The second-order valence-electron chi connectivity index (χ2n) is 9.14. The molecule has 1 aliphatic heterocycles. The number of hydrogen-bond donors (Lipinski definition) is 7. The van der Waals surface area contributed by atoms with Crippen LogP contribution in [0.4, 0.5) is 4.79 Å². The SMILES string of the molecule is CC(C)[C@H](NC(=O)[C@@H]1CCCN1C(=O)[C@@H](N)CCCCN)C(=O)N[C@@H](CCCNC(N)=O)C(=O)O. The lowest BCUT2D eigenvalue weighted by molar-refractivity contribution is -0.143. The maximum Gasteiger partial charge on any atom is 0.326 e. The van der Waals surface area contributed by atoms with Crippen LogP contribution >= 0.6 is 0 Å². The first-order valence-corrected chi connectivity index (χ1v) is 12.1. The van der Waals surface area contributed by atoms with E-state index in [1.165, 1.54) is 4.90 Å². The van der Waals surface area contributed by atoms with Crippen LogP contribution < -0.4 is 33.2 Å². The van der Waals surface area contributed by atoms with Crippen molar-refractivity contribution in [3.63, 3.8) is 0 Å². The minimum atomic E-state index is -1.23. The van der Waals surface area contributed by atoms with Crippen LogP contribution in [-0.4, -0.2) is 83.5 Å². The number of hydrogen-bond acceptors (Lipinski definition) is 7. The van der Waals surface area contributed by atoms with Gasteiger partial charge in [0.05, 0.1) is 6.04 Å². The van der Waals surface area contributed by atoms with Gasteiger partial charge in [-0.1, -0.05) is 20.3 Å². The number of nitrogens with two attached hydrogens (primary N) is 3. The van der Waals surface area contributed by atoms with Gasteiger partial charge in [-0.3, -0.25) is 14.4 Å². The lowest BCUT2D eigenvalue weighted by Crippen LogP contribution is -2.58. The predicted octanol–water partition coefficient (Wildman–Crippen LogP) is -1.41. The lowest BCUT2D eigenvalue weighted by Gasteiger charge is -2.29. The lowest BCUT2D eigenvalue weighted by atomic mass is 10.0. The van der Waals surface area contributed by atoms with Gasteiger partial charge in [-0.25, -0.2) is 9.59 Å². The Bertz CT molecular complexity index is 748. The first kappa shape index (κ1) is 30.1. The minimum Gasteiger partial charge on any atom is -0.480 e. The summed E-state index contributed by atoms with van der Waals surface area (Å²) >= 11 is 0. The van der Waals surface area contributed by atoms with Crippen molar-refractivity contribution in [3.05, 3.63) is 0 Å². The van der Waals surface area contributed by atoms with Gasteiger partial charge in [0.15, 0.2) is 0 Å². The number of rotatable bonds is 15. The summed E-state index contributed by atoms with van der Waals surface area (Å²) in [5.74, 6) is -2.99. The van der Waals surface area contributed by atoms with Gasteiger partial charge in [-0.15, -0.1) is 0 Å². The van der Waals surface area contributed by atoms with E-state index >= 15 is 0 Å². The monoisotopic (exact) mass is 499 g/mol. The summed E-state index contributed by atoms with van der Waals surface area (Å²) in [5, 5.41) is 17.0. The standard InChI is InChI=1S/C22H41N7O6/c1-13(2)17(19(31)27-15(21(33)34)8-5-11-26-22(25)35)28-18(30)16-9-6-12-29(16)20(32)14(24)7-3-4-10-23/h13-17H,3-12,23-24H2,1-2H3,(H,27,31)(H,28,30)(H,33,34)(H3,25,26,35)/t14-,15-,16-,17-/m0/s1. The molecule has 0 aromatic carbocycles. The summed E-state index contributed by atoms with van der Waals surface area (Å²) in [6.07, 6.45) is 3.38. The molecule has 0 radical (unpaired) electrons. The highest BCUT2D eigenvalue weighted by atomic mass is 16.4. The van der Waals surface area contributed by atoms with Crippen LogP contribution in [0.3, 0.4) is 0 Å². The highest BCUT2D eigenvalue weighted by Gasteiger charge is 2.38. The minimum absolute atomic E-state index is 0.0626. The van der Waals surface area contributed by atoms with E-state index in [9.17, 15) is 29.1 Å². The van der Waals surface area contributed by atoms with E-state index in [-0.39, 0.29) is 31.2 Å². The number of amides is 5. The first-order valence-electron chi connectivity index (χ1n) is 12.1. The van der Waals surface area contributed by atoms with Crippen LogP contribution in [0.5, 0.6) is 0 Å². The number of primary amides is 1. The van der Waals surface area contributed by atoms with Crippen molar-refractivity contribution in [2.24, 2.45) is 23.1 Å². The van der Waals surface area contributed by atoms with Gasteiger partial charge in [0.1, 0.15) is 18.1 Å². The molecule has 1 heterocycles. The zero-order chi connectivity index (χ0) is 26.5. The van der Waals surface area contributed by atoms with Crippen LogP contribution in [0.15, 0.2) is 0 Å². The van der Waals surface area contributed by atoms with Crippen molar-refractivity contribution < 1.29 is 29.1 Å². The van der Waals surface area contributed by atoms with Crippen LogP contribution in [-0.2, 0) is 19.2 Å². The normalized spacial score (nSPS) is 18.0. The van der Waals surface area contributed by atoms with Crippen molar-refractivity contribution in [2.75, 3.05) is 19.6 Å². The summed E-state index contributed by atoms with van der Waals surface area (Å²) in [5.41, 5.74) is 16.5. The first-order chi connectivity index (χ1) is 16.5. The molecule has 0 aromatic heterocycles. The molecule has 13 nitrogen and oxygen atoms in total. The van der Waals surface area contributed by atoms with Gasteiger partial charge in [-0.05, 0) is 51.0 Å². The molecule has 1 aliphatic rings.